The van der Waals surface area contributed by atoms with Gasteiger partial charge in [-0.2, -0.15) is 0 Å². The first-order chi connectivity index (χ1) is 21.5. The molecule has 0 spiro atoms. The molecule has 13 nitrogen and oxygen atoms in total. The summed E-state index contributed by atoms with van der Waals surface area (Å²) in [6.45, 7) is 13.9. The van der Waals surface area contributed by atoms with E-state index in [0.29, 0.717) is 19.6 Å². The molecule has 0 unspecified atom stereocenters. The summed E-state index contributed by atoms with van der Waals surface area (Å²) in [5.41, 5.74) is 6.66. The molecule has 2 heterocycles. The minimum absolute atomic E-state index is 0.144. The van der Waals surface area contributed by atoms with Crippen LogP contribution in [-0.2, 0) is 22.6 Å². The highest BCUT2D eigenvalue weighted by atomic mass is 16.4. The van der Waals surface area contributed by atoms with Crippen LogP contribution < -0.4 is 21.5 Å². The molecule has 5 amide bonds. The van der Waals surface area contributed by atoms with Crippen LogP contribution >= 0.6 is 0 Å². The van der Waals surface area contributed by atoms with E-state index in [-0.39, 0.29) is 19.0 Å². The number of hydrogen-bond acceptors (Lipinski definition) is 7. The molecular formula is C33H49N7O6. The number of aryl methyl sites for hydroxylation is 1. The molecule has 0 radical (unpaired) electrons. The van der Waals surface area contributed by atoms with Gasteiger partial charge in [0, 0.05) is 38.6 Å². The zero-order chi connectivity index (χ0) is 34.2. The second kappa shape index (κ2) is 15.4. The molecular weight excluding hydrogens is 590 g/mol. The smallest absolute Gasteiger partial charge is 0.405 e. The summed E-state index contributed by atoms with van der Waals surface area (Å²) < 4.78 is 0. The number of hydrogen-bond donors (Lipinski definition) is 6. The molecule has 1 aromatic carbocycles. The van der Waals surface area contributed by atoms with E-state index in [2.05, 4.69) is 26.5 Å². The quantitative estimate of drug-likeness (QED) is 0.181. The summed E-state index contributed by atoms with van der Waals surface area (Å²) in [5.74, 6) is -1.01. The Kier molecular flexibility index (Phi) is 12.1. The zero-order valence-corrected chi connectivity index (χ0v) is 27.8. The SMILES string of the molecule is Cc1ccncc1CN1CCN([C@H](C(=O)N[C@@H](Cc2ccccc2)[C@@H](O)CNNC(=O)[C@@H](NC(=O)O)C(C)(C)C)C(C)(C)C)C1=O. The Labute approximate surface area is 271 Å². The molecule has 3 rings (SSSR count). The van der Waals surface area contributed by atoms with E-state index in [1.807, 2.05) is 64.1 Å². The molecule has 0 bridgehead atoms. The van der Waals surface area contributed by atoms with E-state index in [9.17, 15) is 29.4 Å². The summed E-state index contributed by atoms with van der Waals surface area (Å²) in [5, 5.41) is 25.7. The molecule has 13 heteroatoms. The fraction of sp³-hybridized carbons (Fsp3) is 0.545. The van der Waals surface area contributed by atoms with Gasteiger partial charge in [-0.15, -0.1) is 0 Å². The summed E-state index contributed by atoms with van der Waals surface area (Å²) in [6, 6.07) is 8.35. The summed E-state index contributed by atoms with van der Waals surface area (Å²) in [4.78, 5) is 59.2. The van der Waals surface area contributed by atoms with Crippen molar-refractivity contribution in [2.24, 2.45) is 10.8 Å². The minimum atomic E-state index is -1.33. The Hall–Kier alpha value is -4.23. The van der Waals surface area contributed by atoms with Gasteiger partial charge in [0.15, 0.2) is 0 Å². The number of rotatable bonds is 13. The van der Waals surface area contributed by atoms with Crippen LogP contribution in [0.25, 0.3) is 0 Å². The highest BCUT2D eigenvalue weighted by molar-refractivity contribution is 5.89. The van der Waals surface area contributed by atoms with Gasteiger partial charge in [0.05, 0.1) is 12.1 Å². The Morgan fingerprint density at radius 1 is 0.957 bits per heavy atom. The maximum atomic E-state index is 14.0. The molecule has 1 saturated heterocycles. The third-order valence-corrected chi connectivity index (χ3v) is 8.03. The maximum absolute atomic E-state index is 14.0. The second-order valence-corrected chi connectivity index (χ2v) is 14.0. The molecule has 1 aliphatic rings. The molecule has 6 N–H and O–H groups in total. The van der Waals surface area contributed by atoms with Crippen LogP contribution in [0.15, 0.2) is 48.8 Å². The van der Waals surface area contributed by atoms with Crippen LogP contribution in [0.3, 0.4) is 0 Å². The average Bonchev–Trinajstić information content (AvgIpc) is 3.30. The number of urea groups is 1. The number of carbonyl (C=O) groups is 4. The van der Waals surface area contributed by atoms with Gasteiger partial charge in [0.1, 0.15) is 12.1 Å². The van der Waals surface area contributed by atoms with Crippen molar-refractivity contribution < 1.29 is 29.4 Å². The Morgan fingerprint density at radius 2 is 1.63 bits per heavy atom. The lowest BCUT2D eigenvalue weighted by molar-refractivity contribution is -0.130. The minimum Gasteiger partial charge on any atom is -0.465 e. The second-order valence-electron chi connectivity index (χ2n) is 14.0. The van der Waals surface area contributed by atoms with Crippen LogP contribution in [0, 0.1) is 17.8 Å². The van der Waals surface area contributed by atoms with Crippen molar-refractivity contribution in [3.05, 3.63) is 65.5 Å². The first-order valence-corrected chi connectivity index (χ1v) is 15.5. The average molecular weight is 640 g/mol. The monoisotopic (exact) mass is 639 g/mol. The Bertz CT molecular complexity index is 1360. The fourth-order valence-corrected chi connectivity index (χ4v) is 5.53. The van der Waals surface area contributed by atoms with E-state index < -0.39 is 53.0 Å². The number of aliphatic hydroxyl groups is 1. The zero-order valence-electron chi connectivity index (χ0n) is 27.8. The van der Waals surface area contributed by atoms with E-state index in [1.54, 1.807) is 43.0 Å². The van der Waals surface area contributed by atoms with Crippen LogP contribution in [0.2, 0.25) is 0 Å². The topological polar surface area (TPSA) is 176 Å². The van der Waals surface area contributed by atoms with Crippen LogP contribution in [-0.4, -0.2) is 92.8 Å². The molecule has 0 aliphatic carbocycles. The fourth-order valence-electron chi connectivity index (χ4n) is 5.53. The number of aromatic nitrogens is 1. The third-order valence-electron chi connectivity index (χ3n) is 8.03. The predicted octanol–water partition coefficient (Wildman–Crippen LogP) is 2.43. The van der Waals surface area contributed by atoms with E-state index >= 15 is 0 Å². The number of pyridine rings is 1. The van der Waals surface area contributed by atoms with Crippen molar-refractivity contribution in [2.75, 3.05) is 19.6 Å². The third kappa shape index (κ3) is 9.88. The normalized spacial score (nSPS) is 16.4. The summed E-state index contributed by atoms with van der Waals surface area (Å²) in [6.07, 6.45) is 1.24. The molecule has 0 saturated carbocycles. The number of hydrazine groups is 1. The van der Waals surface area contributed by atoms with Gasteiger partial charge in [0.2, 0.25) is 5.91 Å². The number of carbonyl (C=O) groups excluding carboxylic acids is 3. The van der Waals surface area contributed by atoms with Gasteiger partial charge in [-0.25, -0.2) is 15.0 Å². The van der Waals surface area contributed by atoms with Gasteiger partial charge in [-0.3, -0.25) is 20.0 Å². The number of aliphatic hydroxyl groups excluding tert-OH is 1. The summed E-state index contributed by atoms with van der Waals surface area (Å²) >= 11 is 0. The lowest BCUT2D eigenvalue weighted by Gasteiger charge is -2.38. The van der Waals surface area contributed by atoms with Gasteiger partial charge in [0.25, 0.3) is 5.91 Å². The van der Waals surface area contributed by atoms with Crippen molar-refractivity contribution in [1.29, 1.82) is 0 Å². The molecule has 4 atom stereocenters. The van der Waals surface area contributed by atoms with Crippen molar-refractivity contribution in [3.8, 4) is 0 Å². The largest absolute Gasteiger partial charge is 0.465 e. The first-order valence-electron chi connectivity index (χ1n) is 15.5. The number of nitrogens with one attached hydrogen (secondary N) is 4. The molecule has 1 aliphatic heterocycles. The van der Waals surface area contributed by atoms with Crippen LogP contribution in [0.1, 0.15) is 58.2 Å². The molecule has 1 aromatic heterocycles. The predicted molar refractivity (Wildman–Crippen MR) is 173 cm³/mol. The van der Waals surface area contributed by atoms with Gasteiger partial charge < -0.3 is 30.6 Å². The Balaban J connectivity index is 1.75. The van der Waals surface area contributed by atoms with Crippen molar-refractivity contribution in [2.45, 2.75) is 85.7 Å². The van der Waals surface area contributed by atoms with Gasteiger partial charge in [-0.1, -0.05) is 71.9 Å². The maximum Gasteiger partial charge on any atom is 0.405 e. The number of amides is 5. The number of nitrogens with zero attached hydrogens (tertiary/aromatic N) is 3. The van der Waals surface area contributed by atoms with Gasteiger partial charge >= 0.3 is 12.1 Å². The standard InChI is InChI=1S/C33H49N7O6/c1-21-13-14-34-18-23(21)20-39-15-16-40(31(39)46)27(33(5,6)7)29(43)36-24(17-22-11-9-8-10-12-22)25(41)19-35-38-28(42)26(32(2,3)4)37-30(44)45/h8-14,18,24-27,35,37,41H,15-17,19-20H2,1-7H3,(H,36,43)(H,38,42)(H,44,45)/t24-,25-,26+,27+/m0/s1. The van der Waals surface area contributed by atoms with Crippen LogP contribution in [0.4, 0.5) is 9.59 Å². The molecule has 2 aromatic rings. The highest BCUT2D eigenvalue weighted by Crippen LogP contribution is 2.29. The van der Waals surface area contributed by atoms with E-state index in [0.717, 1.165) is 16.7 Å². The van der Waals surface area contributed by atoms with Crippen molar-refractivity contribution in [3.63, 3.8) is 0 Å². The lowest BCUT2D eigenvalue weighted by atomic mass is 9.84. The Morgan fingerprint density at radius 3 is 2.22 bits per heavy atom. The van der Waals surface area contributed by atoms with Crippen molar-refractivity contribution in [1.82, 2.24) is 36.3 Å². The highest BCUT2D eigenvalue weighted by Gasteiger charge is 2.44. The van der Waals surface area contributed by atoms with Gasteiger partial charge in [-0.05, 0) is 46.9 Å². The molecule has 1 fully saturated rings. The molecule has 252 valence electrons. The van der Waals surface area contributed by atoms with E-state index in [1.165, 1.54) is 0 Å². The molecule has 46 heavy (non-hydrogen) atoms. The number of benzene rings is 1. The number of carboxylic acid groups (broad SMARTS) is 1. The lowest BCUT2D eigenvalue weighted by Crippen LogP contribution is -2.60. The van der Waals surface area contributed by atoms with Crippen molar-refractivity contribution >= 4 is 23.9 Å². The van der Waals surface area contributed by atoms with E-state index in [4.69, 9.17) is 0 Å². The first kappa shape index (κ1) is 36.2. The summed E-state index contributed by atoms with van der Waals surface area (Å²) in [7, 11) is 0. The van der Waals surface area contributed by atoms with Crippen LogP contribution in [0.5, 0.6) is 0 Å².